The van der Waals surface area contributed by atoms with Crippen molar-refractivity contribution in [2.75, 3.05) is 0 Å². The van der Waals surface area contributed by atoms with E-state index in [0.717, 1.165) is 0 Å². The van der Waals surface area contributed by atoms with Crippen LogP contribution in [0.15, 0.2) is 28.8 Å². The Labute approximate surface area is 105 Å². The molecule has 0 saturated carbocycles. The maximum absolute atomic E-state index is 13.3. The smallest absolute Gasteiger partial charge is 0.200 e. The fraction of sp³-hybridized carbons (Fsp3) is 0.357. The minimum absolute atomic E-state index is 0.166. The minimum Gasteiger partial charge on any atom is -0.440 e. The lowest BCUT2D eigenvalue weighted by Gasteiger charge is -2.12. The Kier molecular flexibility index (Phi) is 3.22. The molecule has 3 nitrogen and oxygen atoms in total. The first-order valence-electron chi connectivity index (χ1n) is 5.78. The molecule has 0 aliphatic heterocycles. The highest BCUT2D eigenvalue weighted by atomic mass is 19.1. The topological polar surface area (TPSA) is 46.3 Å². The van der Waals surface area contributed by atoms with E-state index in [-0.39, 0.29) is 17.8 Å². The SMILES string of the molecule is CC(C)(C)c1ncc(-c2cc(F)ccc2CO)o1. The summed E-state index contributed by atoms with van der Waals surface area (Å²) in [5.41, 5.74) is 0.957. The normalized spacial score (nSPS) is 11.8. The van der Waals surface area contributed by atoms with Crippen molar-refractivity contribution in [3.8, 4) is 11.3 Å². The molecule has 1 heterocycles. The summed E-state index contributed by atoms with van der Waals surface area (Å²) in [6, 6.07) is 4.21. The minimum atomic E-state index is -0.365. The van der Waals surface area contributed by atoms with Crippen molar-refractivity contribution < 1.29 is 13.9 Å². The molecule has 1 aromatic carbocycles. The molecule has 96 valence electrons. The molecule has 0 aliphatic rings. The van der Waals surface area contributed by atoms with Crippen LogP contribution in [0, 0.1) is 5.82 Å². The molecule has 2 aromatic rings. The Morgan fingerprint density at radius 1 is 1.33 bits per heavy atom. The van der Waals surface area contributed by atoms with Gasteiger partial charge in [-0.2, -0.15) is 0 Å². The molecule has 18 heavy (non-hydrogen) atoms. The maximum Gasteiger partial charge on any atom is 0.200 e. The van der Waals surface area contributed by atoms with Gasteiger partial charge in [-0.05, 0) is 17.7 Å². The average Bonchev–Trinajstić information content (AvgIpc) is 2.77. The van der Waals surface area contributed by atoms with Crippen LogP contribution in [-0.2, 0) is 12.0 Å². The molecule has 0 fully saturated rings. The van der Waals surface area contributed by atoms with E-state index < -0.39 is 0 Å². The molecule has 0 saturated heterocycles. The Bertz CT molecular complexity index is 555. The molecule has 0 spiro atoms. The molecule has 0 unspecified atom stereocenters. The molecule has 1 N–H and O–H groups in total. The van der Waals surface area contributed by atoms with Gasteiger partial charge in [0.05, 0.1) is 12.8 Å². The summed E-state index contributed by atoms with van der Waals surface area (Å²) in [4.78, 5) is 4.20. The Balaban J connectivity index is 2.49. The number of oxazole rings is 1. The molecular formula is C14H16FNO2. The first-order chi connectivity index (χ1) is 8.41. The first-order valence-corrected chi connectivity index (χ1v) is 5.78. The van der Waals surface area contributed by atoms with Gasteiger partial charge in [0, 0.05) is 11.0 Å². The third-order valence-electron chi connectivity index (χ3n) is 2.66. The summed E-state index contributed by atoms with van der Waals surface area (Å²) in [6.45, 7) is 5.80. The lowest BCUT2D eigenvalue weighted by atomic mass is 9.97. The highest BCUT2D eigenvalue weighted by Crippen LogP contribution is 2.29. The van der Waals surface area contributed by atoms with Crippen LogP contribution >= 0.6 is 0 Å². The number of nitrogens with zero attached hydrogens (tertiary/aromatic N) is 1. The molecule has 0 amide bonds. The third-order valence-corrected chi connectivity index (χ3v) is 2.66. The van der Waals surface area contributed by atoms with Crippen LogP contribution in [0.5, 0.6) is 0 Å². The fourth-order valence-electron chi connectivity index (χ4n) is 1.66. The van der Waals surface area contributed by atoms with Gasteiger partial charge in [-0.25, -0.2) is 9.37 Å². The number of aliphatic hydroxyl groups is 1. The molecular weight excluding hydrogens is 233 g/mol. The quantitative estimate of drug-likeness (QED) is 0.888. The molecule has 4 heteroatoms. The summed E-state index contributed by atoms with van der Waals surface area (Å²) in [7, 11) is 0. The van der Waals surface area contributed by atoms with Gasteiger partial charge in [0.25, 0.3) is 0 Å². The number of benzene rings is 1. The van der Waals surface area contributed by atoms with Crippen molar-refractivity contribution in [1.82, 2.24) is 4.98 Å². The molecule has 0 aliphatic carbocycles. The number of hydrogen-bond acceptors (Lipinski definition) is 3. The fourth-order valence-corrected chi connectivity index (χ4v) is 1.66. The Morgan fingerprint density at radius 2 is 2.06 bits per heavy atom. The highest BCUT2D eigenvalue weighted by Gasteiger charge is 2.21. The zero-order valence-corrected chi connectivity index (χ0v) is 10.7. The van der Waals surface area contributed by atoms with Gasteiger partial charge in [-0.15, -0.1) is 0 Å². The Morgan fingerprint density at radius 3 is 2.61 bits per heavy atom. The van der Waals surface area contributed by atoms with Crippen molar-refractivity contribution in [2.24, 2.45) is 0 Å². The van der Waals surface area contributed by atoms with Gasteiger partial charge in [-0.3, -0.25) is 0 Å². The largest absolute Gasteiger partial charge is 0.440 e. The Hall–Kier alpha value is -1.68. The number of aliphatic hydroxyl groups excluding tert-OH is 1. The second-order valence-corrected chi connectivity index (χ2v) is 5.24. The molecule has 0 radical (unpaired) electrons. The third kappa shape index (κ3) is 2.43. The monoisotopic (exact) mass is 249 g/mol. The van der Waals surface area contributed by atoms with Gasteiger partial charge < -0.3 is 9.52 Å². The van der Waals surface area contributed by atoms with Crippen LogP contribution in [0.2, 0.25) is 0 Å². The van der Waals surface area contributed by atoms with Crippen LogP contribution in [0.25, 0.3) is 11.3 Å². The van der Waals surface area contributed by atoms with Gasteiger partial charge >= 0.3 is 0 Å². The van der Waals surface area contributed by atoms with E-state index in [1.54, 1.807) is 12.3 Å². The van der Waals surface area contributed by atoms with E-state index >= 15 is 0 Å². The summed E-state index contributed by atoms with van der Waals surface area (Å²) in [5.74, 6) is 0.699. The van der Waals surface area contributed by atoms with Crippen molar-refractivity contribution in [1.29, 1.82) is 0 Å². The molecule has 0 bridgehead atoms. The van der Waals surface area contributed by atoms with Crippen LogP contribution in [-0.4, -0.2) is 10.1 Å². The predicted molar refractivity (Wildman–Crippen MR) is 66.5 cm³/mol. The molecule has 0 atom stereocenters. The van der Waals surface area contributed by atoms with Crippen LogP contribution in [0.3, 0.4) is 0 Å². The lowest BCUT2D eigenvalue weighted by molar-refractivity contribution is 0.282. The van der Waals surface area contributed by atoms with Crippen LogP contribution in [0.4, 0.5) is 4.39 Å². The predicted octanol–water partition coefficient (Wildman–Crippen LogP) is 3.27. The number of rotatable bonds is 2. The standard InChI is InChI=1S/C14H16FNO2/c1-14(2,3)13-16-7-12(18-13)11-6-10(15)5-4-9(11)8-17/h4-7,17H,8H2,1-3H3. The lowest BCUT2D eigenvalue weighted by Crippen LogP contribution is -2.10. The van der Waals surface area contributed by atoms with Gasteiger partial charge in [0.2, 0.25) is 0 Å². The molecule has 1 aromatic heterocycles. The first kappa shape index (κ1) is 12.8. The van der Waals surface area contributed by atoms with E-state index in [0.29, 0.717) is 22.8 Å². The van der Waals surface area contributed by atoms with Gasteiger partial charge in [-0.1, -0.05) is 26.8 Å². The van der Waals surface area contributed by atoms with Crippen LogP contribution < -0.4 is 0 Å². The van der Waals surface area contributed by atoms with Crippen molar-refractivity contribution >= 4 is 0 Å². The summed E-state index contributed by atoms with van der Waals surface area (Å²) >= 11 is 0. The van der Waals surface area contributed by atoms with Gasteiger partial charge in [0.1, 0.15) is 5.82 Å². The van der Waals surface area contributed by atoms with E-state index in [9.17, 15) is 9.50 Å². The average molecular weight is 249 g/mol. The van der Waals surface area contributed by atoms with Crippen molar-refractivity contribution in [2.45, 2.75) is 32.8 Å². The highest BCUT2D eigenvalue weighted by molar-refractivity contribution is 5.61. The summed E-state index contributed by atoms with van der Waals surface area (Å²) in [6.07, 6.45) is 1.56. The number of aromatic nitrogens is 1. The van der Waals surface area contributed by atoms with E-state index in [1.807, 2.05) is 20.8 Å². The second-order valence-electron chi connectivity index (χ2n) is 5.24. The molecule has 2 rings (SSSR count). The van der Waals surface area contributed by atoms with Crippen molar-refractivity contribution in [3.63, 3.8) is 0 Å². The van der Waals surface area contributed by atoms with E-state index in [1.165, 1.54) is 12.1 Å². The zero-order valence-electron chi connectivity index (χ0n) is 10.7. The van der Waals surface area contributed by atoms with Crippen LogP contribution in [0.1, 0.15) is 32.2 Å². The zero-order chi connectivity index (χ0) is 13.3. The number of hydrogen-bond donors (Lipinski definition) is 1. The van der Waals surface area contributed by atoms with Crippen molar-refractivity contribution in [3.05, 3.63) is 41.7 Å². The number of halogens is 1. The van der Waals surface area contributed by atoms with E-state index in [4.69, 9.17) is 4.42 Å². The summed E-state index contributed by atoms with van der Waals surface area (Å²) < 4.78 is 18.9. The summed E-state index contributed by atoms with van der Waals surface area (Å²) in [5, 5.41) is 9.25. The second kappa shape index (κ2) is 4.53. The maximum atomic E-state index is 13.3. The van der Waals surface area contributed by atoms with Gasteiger partial charge in [0.15, 0.2) is 11.7 Å². The van der Waals surface area contributed by atoms with E-state index in [2.05, 4.69) is 4.98 Å².